The minimum absolute atomic E-state index is 0.0292. The van der Waals surface area contributed by atoms with Gasteiger partial charge in [0.05, 0.1) is 16.8 Å². The van der Waals surface area contributed by atoms with Crippen molar-refractivity contribution in [3.05, 3.63) is 62.1 Å². The molecule has 0 radical (unpaired) electrons. The standard InChI is InChI=1S/C26H26Cl2N2O2S/c27-16-10-12-19(21(28)14-16)22-13-11-18(32-22)15-29-26-24(20-8-4-5-9-23(20)33-26)25(31)30-17-6-2-1-3-7-17/h10-15,17H,1-9H2,(H,30,31)/b29-15-. The number of nitrogens with zero attached hydrogens (tertiary/aromatic N) is 1. The molecule has 0 atom stereocenters. The van der Waals surface area contributed by atoms with E-state index in [-0.39, 0.29) is 11.9 Å². The number of rotatable bonds is 5. The topological polar surface area (TPSA) is 54.6 Å². The Balaban J connectivity index is 1.40. The second-order valence-electron chi connectivity index (χ2n) is 8.78. The second kappa shape index (κ2) is 10.0. The lowest BCUT2D eigenvalue weighted by Gasteiger charge is -2.23. The van der Waals surface area contributed by atoms with Gasteiger partial charge in [0, 0.05) is 21.5 Å². The van der Waals surface area contributed by atoms with Crippen LogP contribution in [0.5, 0.6) is 0 Å². The van der Waals surface area contributed by atoms with E-state index in [0.29, 0.717) is 21.6 Å². The third-order valence-corrected chi connectivity index (χ3v) is 8.20. The van der Waals surface area contributed by atoms with Gasteiger partial charge in [-0.15, -0.1) is 11.3 Å². The van der Waals surface area contributed by atoms with Gasteiger partial charge in [0.15, 0.2) is 0 Å². The van der Waals surface area contributed by atoms with E-state index < -0.39 is 0 Å². The summed E-state index contributed by atoms with van der Waals surface area (Å²) in [7, 11) is 0. The lowest BCUT2D eigenvalue weighted by atomic mass is 9.93. The van der Waals surface area contributed by atoms with Crippen molar-refractivity contribution in [1.82, 2.24) is 5.32 Å². The largest absolute Gasteiger partial charge is 0.455 e. The smallest absolute Gasteiger partial charge is 0.254 e. The maximum atomic E-state index is 13.3. The molecule has 5 rings (SSSR count). The molecule has 2 heterocycles. The van der Waals surface area contributed by atoms with E-state index in [2.05, 4.69) is 5.32 Å². The summed E-state index contributed by atoms with van der Waals surface area (Å²) in [5, 5.41) is 5.18. The van der Waals surface area contributed by atoms with Crippen LogP contribution in [-0.2, 0) is 12.8 Å². The Bertz CT molecular complexity index is 1190. The lowest BCUT2D eigenvalue weighted by molar-refractivity contribution is 0.0927. The summed E-state index contributed by atoms with van der Waals surface area (Å²) >= 11 is 14.0. The van der Waals surface area contributed by atoms with Crippen LogP contribution in [0, 0.1) is 0 Å². The van der Waals surface area contributed by atoms with Crippen molar-refractivity contribution in [3.63, 3.8) is 0 Å². The summed E-state index contributed by atoms with van der Waals surface area (Å²) in [6.45, 7) is 0. The molecule has 2 aliphatic carbocycles. The van der Waals surface area contributed by atoms with Gasteiger partial charge in [0.25, 0.3) is 5.91 Å². The van der Waals surface area contributed by atoms with E-state index in [1.807, 2.05) is 18.2 Å². The summed E-state index contributed by atoms with van der Waals surface area (Å²) < 4.78 is 5.96. The molecule has 2 aromatic heterocycles. The number of nitrogens with one attached hydrogen (secondary N) is 1. The molecule has 0 bridgehead atoms. The van der Waals surface area contributed by atoms with Crippen LogP contribution >= 0.6 is 34.5 Å². The monoisotopic (exact) mass is 500 g/mol. The first kappa shape index (κ1) is 22.7. The molecule has 33 heavy (non-hydrogen) atoms. The maximum Gasteiger partial charge on any atom is 0.254 e. The Morgan fingerprint density at radius 2 is 1.88 bits per heavy atom. The number of thiophene rings is 1. The van der Waals surface area contributed by atoms with E-state index in [1.54, 1.807) is 29.7 Å². The van der Waals surface area contributed by atoms with Crippen LogP contribution in [0.3, 0.4) is 0 Å². The van der Waals surface area contributed by atoms with E-state index in [4.69, 9.17) is 32.6 Å². The van der Waals surface area contributed by atoms with Gasteiger partial charge in [0.1, 0.15) is 16.5 Å². The molecule has 0 unspecified atom stereocenters. The number of carbonyl (C=O) groups is 1. The number of hydrogen-bond acceptors (Lipinski definition) is 4. The average Bonchev–Trinajstić information content (AvgIpc) is 3.43. The van der Waals surface area contributed by atoms with E-state index in [0.717, 1.165) is 48.2 Å². The van der Waals surface area contributed by atoms with Gasteiger partial charge in [-0.1, -0.05) is 42.5 Å². The third kappa shape index (κ3) is 5.06. The van der Waals surface area contributed by atoms with Gasteiger partial charge in [-0.3, -0.25) is 4.79 Å². The molecule has 1 saturated carbocycles. The Morgan fingerprint density at radius 1 is 1.06 bits per heavy atom. The van der Waals surface area contributed by atoms with Gasteiger partial charge in [-0.25, -0.2) is 4.99 Å². The predicted octanol–water partition coefficient (Wildman–Crippen LogP) is 8.01. The number of furan rings is 1. The maximum absolute atomic E-state index is 13.3. The van der Waals surface area contributed by atoms with Crippen molar-refractivity contribution >= 4 is 51.7 Å². The number of fused-ring (bicyclic) bond motifs is 1. The molecular formula is C26H26Cl2N2O2S. The summed E-state index contributed by atoms with van der Waals surface area (Å²) in [6, 6.07) is 9.32. The zero-order chi connectivity index (χ0) is 22.8. The van der Waals surface area contributed by atoms with Crippen molar-refractivity contribution in [2.75, 3.05) is 0 Å². The molecule has 0 saturated heterocycles. The number of carbonyl (C=O) groups excluding carboxylic acids is 1. The first-order chi connectivity index (χ1) is 16.1. The van der Waals surface area contributed by atoms with Crippen LogP contribution < -0.4 is 5.32 Å². The van der Waals surface area contributed by atoms with Gasteiger partial charge in [-0.2, -0.15) is 0 Å². The van der Waals surface area contributed by atoms with Gasteiger partial charge in [0.2, 0.25) is 0 Å². The summed E-state index contributed by atoms with van der Waals surface area (Å²) in [4.78, 5) is 19.3. The van der Waals surface area contributed by atoms with Crippen molar-refractivity contribution in [2.45, 2.75) is 63.8 Å². The van der Waals surface area contributed by atoms with Crippen molar-refractivity contribution < 1.29 is 9.21 Å². The molecule has 4 nitrogen and oxygen atoms in total. The highest BCUT2D eigenvalue weighted by Gasteiger charge is 2.27. The molecule has 0 spiro atoms. The number of aliphatic imine (C=N–C) groups is 1. The Labute approximate surface area is 208 Å². The fourth-order valence-electron chi connectivity index (χ4n) is 4.76. The number of halogens is 2. The van der Waals surface area contributed by atoms with Crippen LogP contribution in [0.4, 0.5) is 5.00 Å². The van der Waals surface area contributed by atoms with Crippen LogP contribution in [-0.4, -0.2) is 18.2 Å². The highest BCUT2D eigenvalue weighted by atomic mass is 35.5. The zero-order valence-electron chi connectivity index (χ0n) is 18.3. The molecule has 0 aliphatic heterocycles. The summed E-state index contributed by atoms with van der Waals surface area (Å²) in [5.41, 5.74) is 2.74. The Hall–Kier alpha value is -2.08. The molecule has 1 amide bonds. The second-order valence-corrected chi connectivity index (χ2v) is 10.7. The molecule has 1 aromatic carbocycles. The quantitative estimate of drug-likeness (QED) is 0.360. The first-order valence-corrected chi connectivity index (χ1v) is 13.2. The first-order valence-electron chi connectivity index (χ1n) is 11.6. The SMILES string of the molecule is O=C(NC1CCCCC1)c1c(/N=C\c2ccc(-c3ccc(Cl)cc3Cl)o2)sc2c1CCCC2. The molecule has 2 aliphatic rings. The van der Waals surface area contributed by atoms with Crippen LogP contribution in [0.15, 0.2) is 39.7 Å². The Kier molecular flexibility index (Phi) is 6.91. The van der Waals surface area contributed by atoms with Crippen molar-refractivity contribution in [2.24, 2.45) is 4.99 Å². The predicted molar refractivity (Wildman–Crippen MR) is 137 cm³/mol. The molecule has 3 aromatic rings. The molecule has 1 N–H and O–H groups in total. The Morgan fingerprint density at radius 3 is 2.70 bits per heavy atom. The van der Waals surface area contributed by atoms with Crippen LogP contribution in [0.2, 0.25) is 10.0 Å². The van der Waals surface area contributed by atoms with E-state index in [9.17, 15) is 4.79 Å². The fraction of sp³-hybridized carbons (Fsp3) is 0.385. The van der Waals surface area contributed by atoms with Gasteiger partial charge in [-0.05, 0) is 74.4 Å². The number of amides is 1. The van der Waals surface area contributed by atoms with Crippen LogP contribution in [0.25, 0.3) is 11.3 Å². The number of benzene rings is 1. The third-order valence-electron chi connectivity index (χ3n) is 6.45. The number of hydrogen-bond donors (Lipinski definition) is 1. The average molecular weight is 501 g/mol. The fourth-order valence-corrected chi connectivity index (χ4v) is 6.49. The highest BCUT2D eigenvalue weighted by Crippen LogP contribution is 2.40. The highest BCUT2D eigenvalue weighted by molar-refractivity contribution is 7.16. The lowest BCUT2D eigenvalue weighted by Crippen LogP contribution is -2.36. The van der Waals surface area contributed by atoms with Crippen molar-refractivity contribution in [3.8, 4) is 11.3 Å². The van der Waals surface area contributed by atoms with Crippen molar-refractivity contribution in [1.29, 1.82) is 0 Å². The van der Waals surface area contributed by atoms with E-state index >= 15 is 0 Å². The summed E-state index contributed by atoms with van der Waals surface area (Å²) in [5.74, 6) is 1.29. The van der Waals surface area contributed by atoms with Gasteiger partial charge < -0.3 is 9.73 Å². The van der Waals surface area contributed by atoms with Crippen LogP contribution in [0.1, 0.15) is 71.5 Å². The molecule has 1 fully saturated rings. The minimum Gasteiger partial charge on any atom is -0.455 e. The number of aryl methyl sites for hydroxylation is 1. The van der Waals surface area contributed by atoms with E-state index in [1.165, 1.54) is 36.1 Å². The molecule has 172 valence electrons. The molecular weight excluding hydrogens is 475 g/mol. The molecule has 7 heteroatoms. The normalized spacial score (nSPS) is 16.8. The zero-order valence-corrected chi connectivity index (χ0v) is 20.7. The minimum atomic E-state index is 0.0292. The summed E-state index contributed by atoms with van der Waals surface area (Å²) in [6.07, 6.45) is 11.8. The van der Waals surface area contributed by atoms with Gasteiger partial charge >= 0.3 is 0 Å².